The molecule has 1 rings (SSSR count). The molecule has 0 spiro atoms. The van der Waals surface area contributed by atoms with E-state index in [2.05, 4.69) is 9.97 Å². The van der Waals surface area contributed by atoms with E-state index in [1.807, 2.05) is 0 Å². The predicted molar refractivity (Wildman–Crippen MR) is 36.2 cm³/mol. The third-order valence-corrected chi connectivity index (χ3v) is 0.978. The van der Waals surface area contributed by atoms with Crippen molar-refractivity contribution in [2.24, 2.45) is 0 Å². The van der Waals surface area contributed by atoms with Crippen molar-refractivity contribution in [3.05, 3.63) is 11.9 Å². The molecule has 5 heteroatoms. The summed E-state index contributed by atoms with van der Waals surface area (Å²) < 4.78 is 0. The normalized spacial score (nSPS) is 9.20. The van der Waals surface area contributed by atoms with Gasteiger partial charge < -0.3 is 11.5 Å². The molecule has 4 N–H and O–H groups in total. The summed E-state index contributed by atoms with van der Waals surface area (Å²) >= 11 is 0. The number of aldehydes is 1. The van der Waals surface area contributed by atoms with E-state index in [9.17, 15) is 4.79 Å². The van der Waals surface area contributed by atoms with E-state index in [0.717, 1.165) is 0 Å². The largest absolute Gasteiger partial charge is 0.396 e. The van der Waals surface area contributed by atoms with E-state index in [1.54, 1.807) is 0 Å². The molecule has 0 aromatic carbocycles. The summed E-state index contributed by atoms with van der Waals surface area (Å²) in [5, 5.41) is 0. The second-order valence-corrected chi connectivity index (χ2v) is 1.69. The van der Waals surface area contributed by atoms with Gasteiger partial charge in [0.2, 0.25) is 5.95 Å². The van der Waals surface area contributed by atoms with E-state index >= 15 is 0 Å². The second-order valence-electron chi connectivity index (χ2n) is 1.69. The minimum Gasteiger partial charge on any atom is -0.396 e. The van der Waals surface area contributed by atoms with E-state index in [1.165, 1.54) is 6.20 Å². The Morgan fingerprint density at radius 3 is 2.70 bits per heavy atom. The van der Waals surface area contributed by atoms with Gasteiger partial charge in [-0.15, -0.1) is 0 Å². The van der Waals surface area contributed by atoms with Crippen molar-refractivity contribution in [1.82, 2.24) is 9.97 Å². The molecule has 5 nitrogen and oxygen atoms in total. The number of hydrogen-bond donors (Lipinski definition) is 2. The molecular formula is C5H6N4O. The summed E-state index contributed by atoms with van der Waals surface area (Å²) in [6, 6.07) is 0. The van der Waals surface area contributed by atoms with Gasteiger partial charge in [-0.1, -0.05) is 0 Å². The lowest BCUT2D eigenvalue weighted by Gasteiger charge is -1.95. The average molecular weight is 138 g/mol. The molecule has 0 atom stereocenters. The number of carbonyl (C=O) groups is 1. The third kappa shape index (κ3) is 1.02. The molecular weight excluding hydrogens is 132 g/mol. The first-order valence-corrected chi connectivity index (χ1v) is 2.57. The van der Waals surface area contributed by atoms with Crippen LogP contribution < -0.4 is 11.5 Å². The van der Waals surface area contributed by atoms with Gasteiger partial charge in [0.1, 0.15) is 5.69 Å². The fourth-order valence-electron chi connectivity index (χ4n) is 0.513. The first-order valence-electron chi connectivity index (χ1n) is 2.57. The lowest BCUT2D eigenvalue weighted by atomic mass is 10.4. The van der Waals surface area contributed by atoms with E-state index in [4.69, 9.17) is 11.5 Å². The standard InChI is InChI=1S/C5H6N4O/c6-3-1-8-5(7)9-4(3)2-10/h1-2H,6H2,(H2,7,8,9). The van der Waals surface area contributed by atoms with Crippen LogP contribution in [0.4, 0.5) is 11.6 Å². The highest BCUT2D eigenvalue weighted by atomic mass is 16.1. The smallest absolute Gasteiger partial charge is 0.220 e. The Morgan fingerprint density at radius 1 is 1.50 bits per heavy atom. The molecule has 0 unspecified atom stereocenters. The van der Waals surface area contributed by atoms with Gasteiger partial charge in [-0.05, 0) is 0 Å². The minimum absolute atomic E-state index is 0.0521. The monoisotopic (exact) mass is 138 g/mol. The fraction of sp³-hybridized carbons (Fsp3) is 0. The van der Waals surface area contributed by atoms with Crippen LogP contribution in [0.2, 0.25) is 0 Å². The molecule has 0 aliphatic carbocycles. The van der Waals surface area contributed by atoms with Crippen LogP contribution in [0.5, 0.6) is 0 Å². The van der Waals surface area contributed by atoms with Crippen LogP contribution in [-0.2, 0) is 0 Å². The van der Waals surface area contributed by atoms with Gasteiger partial charge in [0.25, 0.3) is 0 Å². The van der Waals surface area contributed by atoms with Gasteiger partial charge in [0.15, 0.2) is 6.29 Å². The summed E-state index contributed by atoms with van der Waals surface area (Å²) in [6.07, 6.45) is 1.83. The summed E-state index contributed by atoms with van der Waals surface area (Å²) in [6.45, 7) is 0. The van der Waals surface area contributed by atoms with Crippen LogP contribution >= 0.6 is 0 Å². The number of hydrogen-bond acceptors (Lipinski definition) is 5. The first kappa shape index (κ1) is 6.47. The van der Waals surface area contributed by atoms with Gasteiger partial charge in [0, 0.05) is 0 Å². The van der Waals surface area contributed by atoms with Crippen LogP contribution in [0.1, 0.15) is 10.5 Å². The molecule has 1 aromatic heterocycles. The Morgan fingerprint density at radius 2 is 2.20 bits per heavy atom. The molecule has 0 amide bonds. The molecule has 0 saturated carbocycles. The number of anilines is 2. The second kappa shape index (κ2) is 2.30. The first-order chi connectivity index (χ1) is 4.74. The van der Waals surface area contributed by atoms with Crippen LogP contribution in [0.3, 0.4) is 0 Å². The Kier molecular flexibility index (Phi) is 1.49. The molecule has 0 radical (unpaired) electrons. The molecule has 1 aromatic rings. The Hall–Kier alpha value is -1.65. The van der Waals surface area contributed by atoms with E-state index in [0.29, 0.717) is 6.29 Å². The quantitative estimate of drug-likeness (QED) is 0.508. The van der Waals surface area contributed by atoms with Gasteiger partial charge in [-0.25, -0.2) is 9.97 Å². The maximum atomic E-state index is 10.2. The average Bonchev–Trinajstić information content (AvgIpc) is 1.94. The highest BCUT2D eigenvalue weighted by Gasteiger charge is 1.98. The van der Waals surface area contributed by atoms with Crippen molar-refractivity contribution in [1.29, 1.82) is 0 Å². The van der Waals surface area contributed by atoms with Crippen LogP contribution in [0, 0.1) is 0 Å². The highest BCUT2D eigenvalue weighted by molar-refractivity contribution is 5.80. The Labute approximate surface area is 57.1 Å². The molecule has 10 heavy (non-hydrogen) atoms. The van der Waals surface area contributed by atoms with Gasteiger partial charge in [0.05, 0.1) is 11.9 Å². The van der Waals surface area contributed by atoms with Gasteiger partial charge in [-0.2, -0.15) is 0 Å². The minimum atomic E-state index is 0.0521. The molecule has 52 valence electrons. The fourth-order valence-corrected chi connectivity index (χ4v) is 0.513. The number of nitrogens with two attached hydrogens (primary N) is 2. The molecule has 0 aliphatic rings. The molecule has 0 aliphatic heterocycles. The van der Waals surface area contributed by atoms with Gasteiger partial charge >= 0.3 is 0 Å². The van der Waals surface area contributed by atoms with Crippen molar-refractivity contribution in [3.63, 3.8) is 0 Å². The van der Waals surface area contributed by atoms with Crippen molar-refractivity contribution in [2.75, 3.05) is 11.5 Å². The van der Waals surface area contributed by atoms with Crippen LogP contribution in [0.15, 0.2) is 6.20 Å². The molecule has 0 fully saturated rings. The highest BCUT2D eigenvalue weighted by Crippen LogP contribution is 2.03. The number of nitrogens with zero attached hydrogens (tertiary/aromatic N) is 2. The Bertz CT molecular complexity index is 260. The van der Waals surface area contributed by atoms with Crippen molar-refractivity contribution in [2.45, 2.75) is 0 Å². The van der Waals surface area contributed by atoms with Crippen LogP contribution in [0.25, 0.3) is 0 Å². The summed E-state index contributed by atoms with van der Waals surface area (Å²) in [4.78, 5) is 17.3. The predicted octanol–water partition coefficient (Wildman–Crippen LogP) is -0.546. The van der Waals surface area contributed by atoms with Gasteiger partial charge in [-0.3, -0.25) is 4.79 Å². The maximum Gasteiger partial charge on any atom is 0.220 e. The van der Waals surface area contributed by atoms with E-state index < -0.39 is 0 Å². The zero-order valence-corrected chi connectivity index (χ0v) is 5.11. The summed E-state index contributed by atoms with van der Waals surface area (Å²) in [5.74, 6) is 0.0521. The number of rotatable bonds is 1. The SMILES string of the molecule is Nc1ncc(N)c(C=O)n1. The third-order valence-electron chi connectivity index (χ3n) is 0.978. The molecule has 1 heterocycles. The van der Waals surface area contributed by atoms with Crippen molar-refractivity contribution < 1.29 is 4.79 Å². The zero-order valence-electron chi connectivity index (χ0n) is 5.11. The Balaban J connectivity index is 3.21. The van der Waals surface area contributed by atoms with Crippen LogP contribution in [-0.4, -0.2) is 16.3 Å². The number of nitrogen functional groups attached to an aromatic ring is 2. The number of aromatic nitrogens is 2. The topological polar surface area (TPSA) is 94.9 Å². The number of carbonyl (C=O) groups excluding carboxylic acids is 1. The zero-order chi connectivity index (χ0) is 7.56. The maximum absolute atomic E-state index is 10.2. The van der Waals surface area contributed by atoms with Crippen molar-refractivity contribution in [3.8, 4) is 0 Å². The molecule has 0 saturated heterocycles. The lowest BCUT2D eigenvalue weighted by molar-refractivity contribution is 0.112. The molecule has 0 bridgehead atoms. The van der Waals surface area contributed by atoms with E-state index in [-0.39, 0.29) is 17.3 Å². The summed E-state index contributed by atoms with van der Waals surface area (Å²) in [5.41, 5.74) is 10.8. The lowest BCUT2D eigenvalue weighted by Crippen LogP contribution is -2.02. The summed E-state index contributed by atoms with van der Waals surface area (Å²) in [7, 11) is 0. The van der Waals surface area contributed by atoms with Crippen molar-refractivity contribution >= 4 is 17.9 Å².